The van der Waals surface area contributed by atoms with E-state index in [9.17, 15) is 9.59 Å². The Morgan fingerprint density at radius 3 is 2.63 bits per heavy atom. The number of nitrogens with two attached hydrogens (primary N) is 2. The smallest absolute Gasteiger partial charge is 0.257 e. The molecule has 6 heteroatoms. The summed E-state index contributed by atoms with van der Waals surface area (Å²) in [6.07, 6.45) is 0.554. The molecule has 102 valence electrons. The van der Waals surface area contributed by atoms with Gasteiger partial charge in [-0.15, -0.1) is 0 Å². The average molecular weight is 282 g/mol. The maximum atomic E-state index is 12.4. The van der Waals surface area contributed by atoms with Gasteiger partial charge in [-0.05, 0) is 25.5 Å². The Balaban J connectivity index is 2.25. The maximum Gasteiger partial charge on any atom is 0.257 e. The molecule has 1 saturated heterocycles. The third-order valence-corrected chi connectivity index (χ3v) is 3.93. The standard InChI is InChI=1S/C13H16ClN3O2/c1-13(12(16)19)5-6-17(7-13)11(18)10-8(14)3-2-4-9(10)15/h2-4H,5-7,15H2,1H3,(H2,16,19). The SMILES string of the molecule is CC1(C(N)=O)CCN(C(=O)c2c(N)cccc2Cl)C1. The predicted molar refractivity (Wildman–Crippen MR) is 73.7 cm³/mol. The fraction of sp³-hybridized carbons (Fsp3) is 0.385. The summed E-state index contributed by atoms with van der Waals surface area (Å²) in [6.45, 7) is 2.54. The zero-order valence-corrected chi connectivity index (χ0v) is 11.4. The lowest BCUT2D eigenvalue weighted by molar-refractivity contribution is -0.126. The first-order chi connectivity index (χ1) is 8.85. The van der Waals surface area contributed by atoms with Gasteiger partial charge in [-0.1, -0.05) is 17.7 Å². The van der Waals surface area contributed by atoms with Crippen LogP contribution < -0.4 is 11.5 Å². The fourth-order valence-electron chi connectivity index (χ4n) is 2.26. The monoisotopic (exact) mass is 281 g/mol. The number of hydrogen-bond acceptors (Lipinski definition) is 3. The van der Waals surface area contributed by atoms with Crippen LogP contribution in [0.2, 0.25) is 5.02 Å². The molecule has 1 aromatic carbocycles. The van der Waals surface area contributed by atoms with Crippen molar-refractivity contribution in [3.05, 3.63) is 28.8 Å². The molecule has 4 N–H and O–H groups in total. The molecule has 1 heterocycles. The molecule has 1 atom stereocenters. The number of nitrogen functional groups attached to an aromatic ring is 1. The largest absolute Gasteiger partial charge is 0.398 e. The van der Waals surface area contributed by atoms with Crippen LogP contribution in [0.15, 0.2) is 18.2 Å². The highest BCUT2D eigenvalue weighted by Gasteiger charge is 2.41. The van der Waals surface area contributed by atoms with Crippen LogP contribution in [0.5, 0.6) is 0 Å². The molecule has 1 aromatic rings. The summed E-state index contributed by atoms with van der Waals surface area (Å²) in [7, 11) is 0. The Hall–Kier alpha value is -1.75. The summed E-state index contributed by atoms with van der Waals surface area (Å²) in [5.41, 5.74) is 11.1. The molecule has 1 aliphatic rings. The van der Waals surface area contributed by atoms with Crippen molar-refractivity contribution in [2.45, 2.75) is 13.3 Å². The van der Waals surface area contributed by atoms with Crippen molar-refractivity contribution in [1.82, 2.24) is 4.90 Å². The molecule has 0 spiro atoms. The van der Waals surface area contributed by atoms with Crippen molar-refractivity contribution in [2.24, 2.45) is 11.1 Å². The van der Waals surface area contributed by atoms with Crippen LogP contribution in [0.25, 0.3) is 0 Å². The van der Waals surface area contributed by atoms with E-state index >= 15 is 0 Å². The molecular weight excluding hydrogens is 266 g/mol. The first kappa shape index (κ1) is 13.7. The van der Waals surface area contributed by atoms with E-state index in [4.69, 9.17) is 23.1 Å². The van der Waals surface area contributed by atoms with Crippen LogP contribution in [0.1, 0.15) is 23.7 Å². The third-order valence-electron chi connectivity index (χ3n) is 3.62. The lowest BCUT2D eigenvalue weighted by atomic mass is 9.89. The number of carbonyl (C=O) groups is 2. The molecule has 2 rings (SSSR count). The van der Waals surface area contributed by atoms with Crippen molar-refractivity contribution >= 4 is 29.1 Å². The number of amides is 2. The molecule has 0 aromatic heterocycles. The van der Waals surface area contributed by atoms with Crippen molar-refractivity contribution < 1.29 is 9.59 Å². The normalized spacial score (nSPS) is 22.5. The summed E-state index contributed by atoms with van der Waals surface area (Å²) in [6, 6.07) is 4.93. The topological polar surface area (TPSA) is 89.4 Å². The van der Waals surface area contributed by atoms with Crippen LogP contribution in [-0.4, -0.2) is 29.8 Å². The minimum Gasteiger partial charge on any atom is -0.398 e. The highest BCUT2D eigenvalue weighted by atomic mass is 35.5. The number of benzene rings is 1. The first-order valence-corrected chi connectivity index (χ1v) is 6.36. The average Bonchev–Trinajstić information content (AvgIpc) is 2.73. The number of nitrogens with zero attached hydrogens (tertiary/aromatic N) is 1. The lowest BCUT2D eigenvalue weighted by Crippen LogP contribution is -2.38. The van der Waals surface area contributed by atoms with E-state index in [-0.39, 0.29) is 11.5 Å². The quantitative estimate of drug-likeness (QED) is 0.800. The van der Waals surface area contributed by atoms with E-state index in [0.29, 0.717) is 30.2 Å². The highest BCUT2D eigenvalue weighted by Crippen LogP contribution is 2.32. The van der Waals surface area contributed by atoms with E-state index in [1.165, 1.54) is 0 Å². The molecule has 0 radical (unpaired) electrons. The number of likely N-dealkylation sites (tertiary alicyclic amines) is 1. The van der Waals surface area contributed by atoms with Gasteiger partial charge in [0.15, 0.2) is 0 Å². The zero-order valence-electron chi connectivity index (χ0n) is 10.6. The number of carbonyl (C=O) groups excluding carboxylic acids is 2. The second kappa shape index (κ2) is 4.74. The lowest BCUT2D eigenvalue weighted by Gasteiger charge is -2.22. The van der Waals surface area contributed by atoms with Crippen LogP contribution >= 0.6 is 11.6 Å². The minimum absolute atomic E-state index is 0.256. The number of rotatable bonds is 2. The van der Waals surface area contributed by atoms with Crippen molar-refractivity contribution in [3.63, 3.8) is 0 Å². The molecule has 5 nitrogen and oxygen atoms in total. The Kier molecular flexibility index (Phi) is 3.41. The fourth-order valence-corrected chi connectivity index (χ4v) is 2.52. The van der Waals surface area contributed by atoms with Gasteiger partial charge in [-0.25, -0.2) is 0 Å². The molecule has 0 saturated carbocycles. The molecule has 0 bridgehead atoms. The van der Waals surface area contributed by atoms with Crippen molar-refractivity contribution in [1.29, 1.82) is 0 Å². The van der Waals surface area contributed by atoms with Gasteiger partial charge in [0.25, 0.3) is 5.91 Å². The van der Waals surface area contributed by atoms with Crippen LogP contribution in [0, 0.1) is 5.41 Å². The summed E-state index contributed by atoms with van der Waals surface area (Å²) in [4.78, 5) is 25.4. The van der Waals surface area contributed by atoms with Crippen LogP contribution in [-0.2, 0) is 4.79 Å². The number of primary amides is 1. The number of hydrogen-bond donors (Lipinski definition) is 2. The predicted octanol–water partition coefficient (Wildman–Crippen LogP) is 1.26. The van der Waals surface area contributed by atoms with Gasteiger partial charge >= 0.3 is 0 Å². The second-order valence-corrected chi connectivity index (χ2v) is 5.51. The third kappa shape index (κ3) is 2.38. The molecule has 1 aliphatic heterocycles. The zero-order chi connectivity index (χ0) is 14.2. The minimum atomic E-state index is -0.675. The summed E-state index contributed by atoms with van der Waals surface area (Å²) in [5.74, 6) is -0.650. The van der Waals surface area contributed by atoms with E-state index in [2.05, 4.69) is 0 Å². The summed E-state index contributed by atoms with van der Waals surface area (Å²) in [5, 5.41) is 0.317. The highest BCUT2D eigenvalue weighted by molar-refractivity contribution is 6.34. The Labute approximate surface area is 116 Å². The van der Waals surface area contributed by atoms with Gasteiger partial charge in [0, 0.05) is 18.8 Å². The van der Waals surface area contributed by atoms with Gasteiger partial charge in [0.2, 0.25) is 5.91 Å². The number of anilines is 1. The van der Waals surface area contributed by atoms with Crippen molar-refractivity contribution in [2.75, 3.05) is 18.8 Å². The Morgan fingerprint density at radius 2 is 2.11 bits per heavy atom. The van der Waals surface area contributed by atoms with E-state index in [1.807, 2.05) is 0 Å². The maximum absolute atomic E-state index is 12.4. The summed E-state index contributed by atoms with van der Waals surface area (Å²) >= 11 is 6.02. The summed E-state index contributed by atoms with van der Waals surface area (Å²) < 4.78 is 0. The van der Waals surface area contributed by atoms with Gasteiger partial charge < -0.3 is 16.4 Å². The van der Waals surface area contributed by atoms with Gasteiger partial charge in [0.05, 0.1) is 16.0 Å². The van der Waals surface area contributed by atoms with E-state index in [1.54, 1.807) is 30.0 Å². The molecule has 2 amide bonds. The van der Waals surface area contributed by atoms with Gasteiger partial charge in [-0.3, -0.25) is 9.59 Å². The molecule has 19 heavy (non-hydrogen) atoms. The Bertz CT molecular complexity index is 526. The molecular formula is C13H16ClN3O2. The van der Waals surface area contributed by atoms with E-state index < -0.39 is 11.3 Å². The van der Waals surface area contributed by atoms with Crippen LogP contribution in [0.4, 0.5) is 5.69 Å². The van der Waals surface area contributed by atoms with Crippen LogP contribution in [0.3, 0.4) is 0 Å². The number of halogens is 1. The van der Waals surface area contributed by atoms with Gasteiger partial charge in [-0.2, -0.15) is 0 Å². The molecule has 0 aliphatic carbocycles. The second-order valence-electron chi connectivity index (χ2n) is 5.11. The molecule has 1 unspecified atom stereocenters. The Morgan fingerprint density at radius 1 is 1.42 bits per heavy atom. The van der Waals surface area contributed by atoms with E-state index in [0.717, 1.165) is 0 Å². The van der Waals surface area contributed by atoms with Gasteiger partial charge in [0.1, 0.15) is 0 Å². The molecule has 1 fully saturated rings. The van der Waals surface area contributed by atoms with Crippen molar-refractivity contribution in [3.8, 4) is 0 Å². The first-order valence-electron chi connectivity index (χ1n) is 5.98.